The number of nitrogens with two attached hydrogens (primary N) is 1. The van der Waals surface area contributed by atoms with Crippen molar-refractivity contribution in [2.45, 2.75) is 0 Å². The van der Waals surface area contributed by atoms with Crippen molar-refractivity contribution in [3.63, 3.8) is 0 Å². The van der Waals surface area contributed by atoms with Crippen LogP contribution in [0.1, 0.15) is 0 Å². The normalized spacial score (nSPS) is 11.1. The minimum absolute atomic E-state index is 0.584. The van der Waals surface area contributed by atoms with Crippen molar-refractivity contribution < 1.29 is 0 Å². The van der Waals surface area contributed by atoms with Crippen LogP contribution in [-0.4, -0.2) is 14.8 Å². The second kappa shape index (κ2) is 3.31. The van der Waals surface area contributed by atoms with Gasteiger partial charge < -0.3 is 5.73 Å². The Balaban J connectivity index is 2.34. The van der Waals surface area contributed by atoms with Crippen molar-refractivity contribution in [1.82, 2.24) is 14.8 Å². The second-order valence-electron chi connectivity index (χ2n) is 3.56. The molecule has 0 saturated carbocycles. The van der Waals surface area contributed by atoms with Crippen LogP contribution >= 0.6 is 11.3 Å². The number of benzene rings is 1. The van der Waals surface area contributed by atoms with E-state index in [-0.39, 0.29) is 0 Å². The summed E-state index contributed by atoms with van der Waals surface area (Å²) in [5, 5.41) is 8.09. The number of thiazole rings is 1. The summed E-state index contributed by atoms with van der Waals surface area (Å²) in [6, 6.07) is 8.03. The van der Waals surface area contributed by atoms with Crippen LogP contribution in [0.5, 0.6) is 0 Å². The number of hydrogen-bond acceptors (Lipinski definition) is 4. The smallest absolute Gasteiger partial charge is 0.180 e. The summed E-state index contributed by atoms with van der Waals surface area (Å²) in [5.74, 6) is 0. The summed E-state index contributed by atoms with van der Waals surface area (Å²) in [4.78, 5) is 4.30. The van der Waals surface area contributed by atoms with Crippen molar-refractivity contribution >= 4 is 27.4 Å². The number of nitrogens with zero attached hydrogens (tertiary/aromatic N) is 3. The van der Waals surface area contributed by atoms with Crippen LogP contribution in [0.25, 0.3) is 22.3 Å². The van der Waals surface area contributed by atoms with E-state index >= 15 is 0 Å². The highest BCUT2D eigenvalue weighted by Gasteiger charge is 2.12. The number of aromatic nitrogens is 3. The number of anilines is 1. The number of fused-ring (bicyclic) bond motifs is 1. The van der Waals surface area contributed by atoms with E-state index in [1.54, 1.807) is 0 Å². The van der Waals surface area contributed by atoms with Gasteiger partial charge in [0.2, 0.25) is 0 Å². The number of aryl methyl sites for hydroxylation is 1. The highest BCUT2D eigenvalue weighted by Crippen LogP contribution is 2.29. The van der Waals surface area contributed by atoms with E-state index in [1.165, 1.54) is 11.3 Å². The van der Waals surface area contributed by atoms with E-state index in [4.69, 9.17) is 5.73 Å². The van der Waals surface area contributed by atoms with E-state index < -0.39 is 0 Å². The Bertz CT molecular complexity index is 653. The van der Waals surface area contributed by atoms with E-state index in [2.05, 4.69) is 10.1 Å². The molecule has 2 N–H and O–H groups in total. The third-order valence-corrected chi connectivity index (χ3v) is 3.18. The Kier molecular flexibility index (Phi) is 1.94. The lowest BCUT2D eigenvalue weighted by Crippen LogP contribution is -1.94. The molecule has 1 aromatic carbocycles. The standard InChI is InChI=1S/C11H10N4S/c1-15-10(9-6-16-11(12)13-9)7-4-2-3-5-8(7)14-15/h2-6H,1H3,(H2,12,13). The topological polar surface area (TPSA) is 56.7 Å². The van der Waals surface area contributed by atoms with Crippen LogP contribution in [-0.2, 0) is 7.05 Å². The first-order valence-corrected chi connectivity index (χ1v) is 5.77. The molecule has 0 fully saturated rings. The largest absolute Gasteiger partial charge is 0.375 e. The minimum atomic E-state index is 0.584. The molecule has 0 bridgehead atoms. The molecule has 0 aliphatic rings. The lowest BCUT2D eigenvalue weighted by Gasteiger charge is -1.97. The molecular weight excluding hydrogens is 220 g/mol. The van der Waals surface area contributed by atoms with E-state index in [9.17, 15) is 0 Å². The van der Waals surface area contributed by atoms with Gasteiger partial charge in [0.15, 0.2) is 5.13 Å². The first kappa shape index (κ1) is 9.35. The van der Waals surface area contributed by atoms with Crippen LogP contribution in [0.15, 0.2) is 29.6 Å². The fraction of sp³-hybridized carbons (Fsp3) is 0.0909. The molecule has 0 radical (unpaired) electrons. The Morgan fingerprint density at radius 1 is 1.31 bits per heavy atom. The lowest BCUT2D eigenvalue weighted by molar-refractivity contribution is 0.786. The second-order valence-corrected chi connectivity index (χ2v) is 4.45. The first-order chi connectivity index (χ1) is 7.75. The van der Waals surface area contributed by atoms with Gasteiger partial charge >= 0.3 is 0 Å². The fourth-order valence-electron chi connectivity index (χ4n) is 1.85. The predicted octanol–water partition coefficient (Wildman–Crippen LogP) is 2.28. The zero-order valence-corrected chi connectivity index (χ0v) is 9.53. The number of rotatable bonds is 1. The molecule has 4 nitrogen and oxygen atoms in total. The van der Waals surface area contributed by atoms with Crippen LogP contribution in [0.2, 0.25) is 0 Å². The molecule has 0 aliphatic heterocycles. The Labute approximate surface area is 96.3 Å². The molecule has 0 amide bonds. The average molecular weight is 230 g/mol. The van der Waals surface area contributed by atoms with E-state index in [1.807, 2.05) is 41.4 Å². The summed E-state index contributed by atoms with van der Waals surface area (Å²) < 4.78 is 1.85. The van der Waals surface area contributed by atoms with Crippen molar-refractivity contribution in [3.8, 4) is 11.4 Å². The van der Waals surface area contributed by atoms with Gasteiger partial charge in [-0.2, -0.15) is 5.10 Å². The van der Waals surface area contributed by atoms with Gasteiger partial charge in [-0.3, -0.25) is 4.68 Å². The molecule has 2 heterocycles. The van der Waals surface area contributed by atoms with Crippen molar-refractivity contribution in [3.05, 3.63) is 29.6 Å². The molecule has 0 atom stereocenters. The molecule has 0 unspecified atom stereocenters. The van der Waals surface area contributed by atoms with Crippen LogP contribution in [0, 0.1) is 0 Å². The summed E-state index contributed by atoms with van der Waals surface area (Å²) in [6.07, 6.45) is 0. The Hall–Kier alpha value is -1.88. The quantitative estimate of drug-likeness (QED) is 0.697. The molecule has 0 aliphatic carbocycles. The van der Waals surface area contributed by atoms with Gasteiger partial charge in [-0.15, -0.1) is 11.3 Å². The maximum absolute atomic E-state index is 5.66. The molecule has 0 saturated heterocycles. The van der Waals surface area contributed by atoms with Crippen LogP contribution in [0.4, 0.5) is 5.13 Å². The number of hydrogen-bond donors (Lipinski definition) is 1. The van der Waals surface area contributed by atoms with Crippen LogP contribution in [0.3, 0.4) is 0 Å². The SMILES string of the molecule is Cn1nc2ccccc2c1-c1csc(N)n1. The van der Waals surface area contributed by atoms with Gasteiger partial charge in [0.05, 0.1) is 11.2 Å². The highest BCUT2D eigenvalue weighted by molar-refractivity contribution is 7.13. The maximum Gasteiger partial charge on any atom is 0.180 e. The number of nitrogen functional groups attached to an aromatic ring is 1. The highest BCUT2D eigenvalue weighted by atomic mass is 32.1. The zero-order valence-electron chi connectivity index (χ0n) is 8.71. The lowest BCUT2D eigenvalue weighted by atomic mass is 10.2. The monoisotopic (exact) mass is 230 g/mol. The third-order valence-electron chi connectivity index (χ3n) is 2.51. The third kappa shape index (κ3) is 1.29. The fourth-order valence-corrected chi connectivity index (χ4v) is 2.39. The summed E-state index contributed by atoms with van der Waals surface area (Å²) in [5.41, 5.74) is 8.54. The van der Waals surface area contributed by atoms with Gasteiger partial charge in [-0.1, -0.05) is 18.2 Å². The molecule has 3 aromatic rings. The molecule has 16 heavy (non-hydrogen) atoms. The maximum atomic E-state index is 5.66. The van der Waals surface area contributed by atoms with E-state index in [0.717, 1.165) is 22.3 Å². The Morgan fingerprint density at radius 3 is 2.88 bits per heavy atom. The molecular formula is C11H10N4S. The van der Waals surface area contributed by atoms with Gasteiger partial charge in [0.25, 0.3) is 0 Å². The van der Waals surface area contributed by atoms with Crippen LogP contribution < -0.4 is 5.73 Å². The molecule has 3 rings (SSSR count). The summed E-state index contributed by atoms with van der Waals surface area (Å²) in [6.45, 7) is 0. The summed E-state index contributed by atoms with van der Waals surface area (Å²) >= 11 is 1.45. The van der Waals surface area contributed by atoms with Gasteiger partial charge in [-0.05, 0) is 6.07 Å². The van der Waals surface area contributed by atoms with Gasteiger partial charge in [0.1, 0.15) is 5.69 Å². The van der Waals surface area contributed by atoms with Gasteiger partial charge in [-0.25, -0.2) is 4.98 Å². The zero-order chi connectivity index (χ0) is 11.1. The predicted molar refractivity (Wildman–Crippen MR) is 66.2 cm³/mol. The van der Waals surface area contributed by atoms with Crippen molar-refractivity contribution in [1.29, 1.82) is 0 Å². The van der Waals surface area contributed by atoms with Crippen molar-refractivity contribution in [2.24, 2.45) is 7.05 Å². The van der Waals surface area contributed by atoms with Gasteiger partial charge in [0, 0.05) is 17.8 Å². The molecule has 80 valence electrons. The van der Waals surface area contributed by atoms with Crippen molar-refractivity contribution in [2.75, 3.05) is 5.73 Å². The minimum Gasteiger partial charge on any atom is -0.375 e. The van der Waals surface area contributed by atoms with E-state index in [0.29, 0.717) is 5.13 Å². The molecule has 0 spiro atoms. The summed E-state index contributed by atoms with van der Waals surface area (Å²) in [7, 11) is 1.92. The Morgan fingerprint density at radius 2 is 2.12 bits per heavy atom. The first-order valence-electron chi connectivity index (χ1n) is 4.89. The average Bonchev–Trinajstić information content (AvgIpc) is 2.80. The molecule has 2 aromatic heterocycles. The molecule has 5 heteroatoms.